The van der Waals surface area contributed by atoms with Gasteiger partial charge in [0.05, 0.1) is 19.9 Å². The van der Waals surface area contributed by atoms with Crippen LogP contribution < -0.4 is 19.7 Å². The van der Waals surface area contributed by atoms with Crippen LogP contribution in [-0.2, 0) is 17.8 Å². The lowest BCUT2D eigenvalue weighted by Gasteiger charge is -2.36. The molecule has 220 valence electrons. The lowest BCUT2D eigenvalue weighted by atomic mass is 9.89. The number of methoxy groups -OCH3 is 2. The average Bonchev–Trinajstić information content (AvgIpc) is 3.56. The minimum Gasteiger partial charge on any atom is -0.497 e. The van der Waals surface area contributed by atoms with Gasteiger partial charge in [-0.25, -0.2) is 9.69 Å². The number of ether oxygens (including phenoxy) is 2. The van der Waals surface area contributed by atoms with Gasteiger partial charge in [0.1, 0.15) is 23.6 Å². The summed E-state index contributed by atoms with van der Waals surface area (Å²) in [6.07, 6.45) is 0.396. The maximum absolute atomic E-state index is 14.1. The molecule has 2 N–H and O–H groups in total. The van der Waals surface area contributed by atoms with Crippen LogP contribution in [0.4, 0.5) is 10.5 Å². The Morgan fingerprint density at radius 2 is 1.64 bits per heavy atom. The first kappa shape index (κ1) is 27.3. The summed E-state index contributed by atoms with van der Waals surface area (Å²) in [7, 11) is 3.21. The Morgan fingerprint density at radius 3 is 2.39 bits per heavy atom. The number of aromatic amines is 1. The highest BCUT2D eigenvalue weighted by Crippen LogP contribution is 2.45. The molecular weight excluding hydrogens is 556 g/mol. The smallest absolute Gasteiger partial charge is 0.332 e. The Labute approximate surface area is 254 Å². The predicted molar refractivity (Wildman–Crippen MR) is 166 cm³/mol. The Kier molecular flexibility index (Phi) is 6.77. The number of nitrogens with zero attached hydrogens (tertiary/aromatic N) is 2. The minimum atomic E-state index is -0.683. The first-order chi connectivity index (χ1) is 21.5. The lowest BCUT2D eigenvalue weighted by Crippen LogP contribution is -2.44. The molecule has 2 atom stereocenters. The Morgan fingerprint density at radius 1 is 0.886 bits per heavy atom. The minimum absolute atomic E-state index is 0.257. The maximum Gasteiger partial charge on any atom is 0.332 e. The van der Waals surface area contributed by atoms with Crippen molar-refractivity contribution in [3.63, 3.8) is 0 Å². The summed E-state index contributed by atoms with van der Waals surface area (Å²) in [4.78, 5) is 47.4. The third-order valence-corrected chi connectivity index (χ3v) is 8.46. The molecule has 9 heteroatoms. The molecule has 44 heavy (non-hydrogen) atoms. The number of hydrogen-bond donors (Lipinski definition) is 2. The zero-order valence-corrected chi connectivity index (χ0v) is 24.2. The van der Waals surface area contributed by atoms with Crippen molar-refractivity contribution in [2.75, 3.05) is 19.1 Å². The molecule has 0 radical (unpaired) electrons. The number of nitrogens with one attached hydrogen (secondary N) is 2. The van der Waals surface area contributed by atoms with E-state index in [-0.39, 0.29) is 11.8 Å². The van der Waals surface area contributed by atoms with Crippen LogP contribution in [-0.4, -0.2) is 48.0 Å². The summed E-state index contributed by atoms with van der Waals surface area (Å²) < 4.78 is 10.7. The molecule has 2 aliphatic heterocycles. The molecule has 0 aliphatic carbocycles. The zero-order chi connectivity index (χ0) is 30.4. The normalized spacial score (nSPS) is 17.4. The molecule has 0 bridgehead atoms. The van der Waals surface area contributed by atoms with Crippen LogP contribution in [0.3, 0.4) is 0 Å². The van der Waals surface area contributed by atoms with Gasteiger partial charge >= 0.3 is 6.03 Å². The monoisotopic (exact) mass is 586 g/mol. The summed E-state index contributed by atoms with van der Waals surface area (Å²) in [5.74, 6) is 0.856. The first-order valence-electron chi connectivity index (χ1n) is 14.4. The Hall–Kier alpha value is -5.57. The summed E-state index contributed by atoms with van der Waals surface area (Å²) in [6.45, 7) is 0.352. The van der Waals surface area contributed by atoms with Crippen molar-refractivity contribution < 1.29 is 23.9 Å². The lowest BCUT2D eigenvalue weighted by molar-refractivity contribution is -0.120. The number of anilines is 1. The predicted octanol–water partition coefficient (Wildman–Crippen LogP) is 5.60. The van der Waals surface area contributed by atoms with Crippen molar-refractivity contribution in [1.82, 2.24) is 15.2 Å². The number of aromatic nitrogens is 1. The van der Waals surface area contributed by atoms with Crippen LogP contribution >= 0.6 is 0 Å². The number of imide groups is 1. The Balaban J connectivity index is 1.18. The standard InChI is InChI=1S/C35H30N4O5/c1-43-25-16-10-21(11-17-25)20-36-33(40)22-12-14-24(15-13-22)38-34(41)30-19-28-27-8-3-4-9-29(27)37-31(28)32(39(30)35(38)42)23-6-5-7-26(18-23)44-2/h3-18,30,32,37H,19-20H2,1-2H3,(H,36,40)/t30-,32+/m0/s1. The van der Waals surface area contributed by atoms with Gasteiger partial charge in [-0.1, -0.05) is 42.5 Å². The number of para-hydroxylation sites is 1. The number of carbonyl (C=O) groups excluding carboxylic acids is 3. The summed E-state index contributed by atoms with van der Waals surface area (Å²) in [6, 6.07) is 28.0. The van der Waals surface area contributed by atoms with Gasteiger partial charge in [0, 0.05) is 35.1 Å². The van der Waals surface area contributed by atoms with Crippen LogP contribution in [0.25, 0.3) is 10.9 Å². The van der Waals surface area contributed by atoms with E-state index in [2.05, 4.69) is 10.3 Å². The number of benzene rings is 4. The molecule has 0 unspecified atom stereocenters. The van der Waals surface area contributed by atoms with Crippen molar-refractivity contribution in [1.29, 1.82) is 0 Å². The highest BCUT2D eigenvalue weighted by molar-refractivity contribution is 6.22. The third kappa shape index (κ3) is 4.53. The van der Waals surface area contributed by atoms with Crippen LogP contribution in [0.5, 0.6) is 11.5 Å². The van der Waals surface area contributed by atoms with Crippen molar-refractivity contribution in [3.8, 4) is 11.5 Å². The molecule has 4 aromatic carbocycles. The van der Waals surface area contributed by atoms with E-state index in [4.69, 9.17) is 9.47 Å². The first-order valence-corrected chi connectivity index (χ1v) is 14.4. The van der Waals surface area contributed by atoms with Crippen molar-refractivity contribution >= 4 is 34.4 Å². The van der Waals surface area contributed by atoms with Crippen LogP contribution in [0.1, 0.15) is 38.8 Å². The summed E-state index contributed by atoms with van der Waals surface area (Å²) in [5, 5.41) is 3.95. The number of carbonyl (C=O) groups is 3. The molecule has 1 fully saturated rings. The zero-order valence-electron chi connectivity index (χ0n) is 24.2. The molecular formula is C35H30N4O5. The van der Waals surface area contributed by atoms with E-state index < -0.39 is 18.1 Å². The number of fused-ring (bicyclic) bond motifs is 4. The van der Waals surface area contributed by atoms with E-state index in [1.807, 2.05) is 72.8 Å². The van der Waals surface area contributed by atoms with Crippen LogP contribution in [0.15, 0.2) is 97.1 Å². The fourth-order valence-electron chi connectivity index (χ4n) is 6.26. The highest BCUT2D eigenvalue weighted by Gasteiger charge is 2.53. The SMILES string of the molecule is COc1ccc(CNC(=O)c2ccc(N3C(=O)[C@@H]4Cc5c([nH]c6ccccc56)[C@@H](c5cccc(OC)c5)N4C3=O)cc2)cc1. The van der Waals surface area contributed by atoms with Crippen LogP contribution in [0, 0.1) is 0 Å². The fraction of sp³-hybridized carbons (Fsp3) is 0.171. The van der Waals surface area contributed by atoms with E-state index in [1.54, 1.807) is 43.4 Å². The Bertz CT molecular complexity index is 1900. The van der Waals surface area contributed by atoms with Gasteiger partial charge in [-0.2, -0.15) is 0 Å². The summed E-state index contributed by atoms with van der Waals surface area (Å²) in [5.41, 5.74) is 5.50. The fourth-order valence-corrected chi connectivity index (χ4v) is 6.26. The molecule has 9 nitrogen and oxygen atoms in total. The molecule has 2 aliphatic rings. The molecule has 7 rings (SSSR count). The van der Waals surface area contributed by atoms with Crippen molar-refractivity contribution in [3.05, 3.63) is 125 Å². The number of hydrogen-bond acceptors (Lipinski definition) is 5. The van der Waals surface area contributed by atoms with Crippen molar-refractivity contribution in [2.24, 2.45) is 0 Å². The van der Waals surface area contributed by atoms with Gasteiger partial charge in [0.25, 0.3) is 11.8 Å². The molecule has 0 spiro atoms. The third-order valence-electron chi connectivity index (χ3n) is 8.46. The van der Waals surface area contributed by atoms with E-state index in [1.165, 1.54) is 4.90 Å². The molecule has 3 heterocycles. The summed E-state index contributed by atoms with van der Waals surface area (Å²) >= 11 is 0. The van der Waals surface area contributed by atoms with Gasteiger partial charge in [0.2, 0.25) is 0 Å². The van der Waals surface area contributed by atoms with Gasteiger partial charge < -0.3 is 19.8 Å². The molecule has 1 saturated heterocycles. The topological polar surface area (TPSA) is 104 Å². The second-order valence-corrected chi connectivity index (χ2v) is 10.9. The van der Waals surface area contributed by atoms with Gasteiger partial charge in [-0.3, -0.25) is 14.5 Å². The van der Waals surface area contributed by atoms with E-state index in [0.717, 1.165) is 39.0 Å². The molecule has 1 aromatic heterocycles. The number of amides is 4. The average molecular weight is 587 g/mol. The largest absolute Gasteiger partial charge is 0.497 e. The maximum atomic E-state index is 14.1. The molecule has 4 amide bonds. The van der Waals surface area contributed by atoms with Crippen molar-refractivity contribution in [2.45, 2.75) is 25.0 Å². The van der Waals surface area contributed by atoms with E-state index >= 15 is 0 Å². The van der Waals surface area contributed by atoms with Crippen LogP contribution in [0.2, 0.25) is 0 Å². The number of rotatable bonds is 7. The quantitative estimate of drug-likeness (QED) is 0.242. The molecule has 0 saturated carbocycles. The second-order valence-electron chi connectivity index (χ2n) is 10.9. The van der Waals surface area contributed by atoms with Gasteiger partial charge in [0.15, 0.2) is 0 Å². The number of H-pyrrole nitrogens is 1. The van der Waals surface area contributed by atoms with E-state index in [9.17, 15) is 14.4 Å². The van der Waals surface area contributed by atoms with Gasteiger partial charge in [-0.15, -0.1) is 0 Å². The second kappa shape index (κ2) is 10.9. The highest BCUT2D eigenvalue weighted by atomic mass is 16.5. The van der Waals surface area contributed by atoms with Gasteiger partial charge in [-0.05, 0) is 71.3 Å². The number of urea groups is 1. The van der Waals surface area contributed by atoms with E-state index in [0.29, 0.717) is 30.0 Å². The molecule has 5 aromatic rings.